The third-order valence-corrected chi connectivity index (χ3v) is 5.29. The van der Waals surface area contributed by atoms with Crippen molar-refractivity contribution in [3.8, 4) is 6.07 Å². The van der Waals surface area contributed by atoms with Gasteiger partial charge in [-0.3, -0.25) is 4.72 Å². The summed E-state index contributed by atoms with van der Waals surface area (Å²) in [6, 6.07) is 11.9. The van der Waals surface area contributed by atoms with Gasteiger partial charge >= 0.3 is 0 Å². The second-order valence-electron chi connectivity index (χ2n) is 5.48. The second-order valence-corrected chi connectivity index (χ2v) is 7.13. The Morgan fingerprint density at radius 3 is 2.60 bits per heavy atom. The monoisotopic (exact) mass is 361 g/mol. The summed E-state index contributed by atoms with van der Waals surface area (Å²) in [5.41, 5.74) is 0.549. The van der Waals surface area contributed by atoms with E-state index in [1.165, 1.54) is 30.3 Å². The molecule has 6 nitrogen and oxygen atoms in total. The van der Waals surface area contributed by atoms with Crippen molar-refractivity contribution in [2.75, 3.05) is 35.9 Å². The van der Waals surface area contributed by atoms with Crippen molar-refractivity contribution >= 4 is 21.4 Å². The van der Waals surface area contributed by atoms with E-state index in [1.54, 1.807) is 12.1 Å². The molecule has 0 aromatic heterocycles. The summed E-state index contributed by atoms with van der Waals surface area (Å²) in [5, 5.41) is 9.08. The summed E-state index contributed by atoms with van der Waals surface area (Å²) in [4.78, 5) is 1.80. The van der Waals surface area contributed by atoms with Crippen LogP contribution in [0.1, 0.15) is 5.56 Å². The molecule has 0 saturated carbocycles. The average molecular weight is 361 g/mol. The smallest absolute Gasteiger partial charge is 0.263 e. The zero-order valence-electron chi connectivity index (χ0n) is 13.3. The first kappa shape index (κ1) is 17.2. The first-order chi connectivity index (χ1) is 12.0. The summed E-state index contributed by atoms with van der Waals surface area (Å²) in [6.07, 6.45) is 0. The standard InChI is InChI=1S/C17H16FN3O3S/c18-15-6-5-14(21-7-9-24-10-8-21)11-16(15)20-25(22,23)17-4-2-1-3-13(17)12-19/h1-6,11,20H,7-10H2. The van der Waals surface area contributed by atoms with E-state index in [9.17, 15) is 12.8 Å². The minimum absolute atomic E-state index is 0.000239. The molecule has 0 radical (unpaired) electrons. The minimum atomic E-state index is -4.08. The molecular weight excluding hydrogens is 345 g/mol. The largest absolute Gasteiger partial charge is 0.378 e. The lowest BCUT2D eigenvalue weighted by Crippen LogP contribution is -2.36. The lowest BCUT2D eigenvalue weighted by Gasteiger charge is -2.29. The molecule has 0 aliphatic carbocycles. The first-order valence-corrected chi connectivity index (χ1v) is 9.14. The van der Waals surface area contributed by atoms with Crippen LogP contribution in [0.25, 0.3) is 0 Å². The Morgan fingerprint density at radius 1 is 1.16 bits per heavy atom. The van der Waals surface area contributed by atoms with Crippen molar-refractivity contribution in [2.24, 2.45) is 0 Å². The van der Waals surface area contributed by atoms with Gasteiger partial charge in [0.05, 0.1) is 24.5 Å². The van der Waals surface area contributed by atoms with Gasteiger partial charge in [-0.25, -0.2) is 12.8 Å². The molecule has 3 rings (SSSR count). The van der Waals surface area contributed by atoms with E-state index in [2.05, 4.69) is 4.72 Å². The number of ether oxygens (including phenoxy) is 1. The number of hydrogen-bond acceptors (Lipinski definition) is 5. The summed E-state index contributed by atoms with van der Waals surface area (Å²) in [6.45, 7) is 2.42. The Morgan fingerprint density at radius 2 is 1.88 bits per heavy atom. The van der Waals surface area contributed by atoms with Crippen molar-refractivity contribution in [3.63, 3.8) is 0 Å². The molecule has 1 aliphatic heterocycles. The molecule has 1 heterocycles. The van der Waals surface area contributed by atoms with Crippen molar-refractivity contribution < 1.29 is 17.5 Å². The number of sulfonamides is 1. The maximum atomic E-state index is 14.1. The van der Waals surface area contributed by atoms with Crippen LogP contribution in [-0.2, 0) is 14.8 Å². The van der Waals surface area contributed by atoms with Gasteiger partial charge in [0, 0.05) is 18.8 Å². The van der Waals surface area contributed by atoms with Gasteiger partial charge in [-0.2, -0.15) is 5.26 Å². The Labute approximate surface area is 145 Å². The van der Waals surface area contributed by atoms with Crippen LogP contribution in [0.15, 0.2) is 47.4 Å². The summed E-state index contributed by atoms with van der Waals surface area (Å²) in [5.74, 6) is -0.685. The molecule has 0 spiro atoms. The maximum absolute atomic E-state index is 14.1. The van der Waals surface area contributed by atoms with E-state index in [0.717, 1.165) is 0 Å². The first-order valence-electron chi connectivity index (χ1n) is 7.65. The molecule has 1 fully saturated rings. The highest BCUT2D eigenvalue weighted by Crippen LogP contribution is 2.26. The lowest BCUT2D eigenvalue weighted by molar-refractivity contribution is 0.122. The highest BCUT2D eigenvalue weighted by molar-refractivity contribution is 7.92. The van der Waals surface area contributed by atoms with E-state index < -0.39 is 15.8 Å². The van der Waals surface area contributed by atoms with Gasteiger partial charge in [0.1, 0.15) is 16.8 Å². The molecule has 0 unspecified atom stereocenters. The van der Waals surface area contributed by atoms with E-state index in [0.29, 0.717) is 32.0 Å². The fraction of sp³-hybridized carbons (Fsp3) is 0.235. The van der Waals surface area contributed by atoms with Crippen LogP contribution < -0.4 is 9.62 Å². The Bertz CT molecular complexity index is 919. The van der Waals surface area contributed by atoms with Crippen LogP contribution in [0.2, 0.25) is 0 Å². The fourth-order valence-electron chi connectivity index (χ4n) is 2.60. The van der Waals surface area contributed by atoms with Gasteiger partial charge in [0.2, 0.25) is 0 Å². The lowest BCUT2D eigenvalue weighted by atomic mass is 10.2. The quantitative estimate of drug-likeness (QED) is 0.904. The van der Waals surface area contributed by atoms with Gasteiger partial charge in [-0.1, -0.05) is 12.1 Å². The third kappa shape index (κ3) is 3.73. The molecule has 0 amide bonds. The van der Waals surface area contributed by atoms with Crippen molar-refractivity contribution in [1.29, 1.82) is 5.26 Å². The third-order valence-electron chi connectivity index (χ3n) is 3.87. The van der Waals surface area contributed by atoms with Crippen LogP contribution in [0, 0.1) is 17.1 Å². The van der Waals surface area contributed by atoms with Gasteiger partial charge in [-0.15, -0.1) is 0 Å². The Kier molecular flexibility index (Phi) is 4.88. The van der Waals surface area contributed by atoms with Crippen LogP contribution >= 0.6 is 0 Å². The Balaban J connectivity index is 1.93. The molecule has 2 aromatic rings. The van der Waals surface area contributed by atoms with Gasteiger partial charge < -0.3 is 9.64 Å². The predicted octanol–water partition coefficient (Wildman–Crippen LogP) is 2.33. The number of nitrogens with one attached hydrogen (secondary N) is 1. The molecule has 8 heteroatoms. The molecule has 2 aromatic carbocycles. The van der Waals surface area contributed by atoms with Gasteiger partial charge in [0.15, 0.2) is 0 Å². The molecule has 0 atom stereocenters. The maximum Gasteiger partial charge on any atom is 0.263 e. The zero-order valence-corrected chi connectivity index (χ0v) is 14.1. The number of morpholine rings is 1. The van der Waals surface area contributed by atoms with Crippen LogP contribution in [-0.4, -0.2) is 34.7 Å². The highest BCUT2D eigenvalue weighted by atomic mass is 32.2. The van der Waals surface area contributed by atoms with E-state index in [-0.39, 0.29) is 16.1 Å². The van der Waals surface area contributed by atoms with E-state index in [4.69, 9.17) is 10.00 Å². The molecule has 0 bridgehead atoms. The summed E-state index contributed by atoms with van der Waals surface area (Å²) in [7, 11) is -4.08. The van der Waals surface area contributed by atoms with Crippen LogP contribution in [0.4, 0.5) is 15.8 Å². The molecule has 1 aliphatic rings. The van der Waals surface area contributed by atoms with E-state index >= 15 is 0 Å². The molecule has 130 valence electrons. The molecule has 25 heavy (non-hydrogen) atoms. The minimum Gasteiger partial charge on any atom is -0.378 e. The van der Waals surface area contributed by atoms with Crippen molar-refractivity contribution in [1.82, 2.24) is 0 Å². The number of rotatable bonds is 4. The number of hydrogen-bond donors (Lipinski definition) is 1. The van der Waals surface area contributed by atoms with Crippen molar-refractivity contribution in [2.45, 2.75) is 4.90 Å². The number of nitrogens with zero attached hydrogens (tertiary/aromatic N) is 2. The summed E-state index contributed by atoms with van der Waals surface area (Å²) >= 11 is 0. The Hall–Kier alpha value is -2.63. The molecular formula is C17H16FN3O3S. The number of anilines is 2. The van der Waals surface area contributed by atoms with Crippen LogP contribution in [0.3, 0.4) is 0 Å². The average Bonchev–Trinajstić information content (AvgIpc) is 2.64. The van der Waals surface area contributed by atoms with E-state index in [1.807, 2.05) is 11.0 Å². The SMILES string of the molecule is N#Cc1ccccc1S(=O)(=O)Nc1cc(N2CCOCC2)ccc1F. The second kappa shape index (κ2) is 7.09. The van der Waals surface area contributed by atoms with Crippen LogP contribution in [0.5, 0.6) is 0 Å². The predicted molar refractivity (Wildman–Crippen MR) is 91.4 cm³/mol. The highest BCUT2D eigenvalue weighted by Gasteiger charge is 2.21. The number of nitriles is 1. The molecule has 1 N–H and O–H groups in total. The van der Waals surface area contributed by atoms with Crippen molar-refractivity contribution in [3.05, 3.63) is 53.8 Å². The zero-order chi connectivity index (χ0) is 17.9. The fourth-order valence-corrected chi connectivity index (χ4v) is 3.82. The normalized spacial score (nSPS) is 14.8. The topological polar surface area (TPSA) is 82.4 Å². The number of halogens is 1. The summed E-state index contributed by atoms with van der Waals surface area (Å²) < 4.78 is 46.8. The van der Waals surface area contributed by atoms with Gasteiger partial charge in [0.25, 0.3) is 10.0 Å². The molecule has 1 saturated heterocycles. The number of benzene rings is 2. The van der Waals surface area contributed by atoms with Gasteiger partial charge in [-0.05, 0) is 30.3 Å².